The molecular formula is C11H17N. The zero-order valence-corrected chi connectivity index (χ0v) is 7.96. The van der Waals surface area contributed by atoms with E-state index >= 15 is 0 Å². The average molecular weight is 163 g/mol. The van der Waals surface area contributed by atoms with E-state index in [2.05, 4.69) is 32.0 Å². The summed E-state index contributed by atoms with van der Waals surface area (Å²) in [5, 5.41) is 0. The molecule has 0 aliphatic carbocycles. The lowest BCUT2D eigenvalue weighted by Crippen LogP contribution is -1.92. The SMILES string of the molecule is C=C/C=N\C=C/C(=C)C(C)CC. The van der Waals surface area contributed by atoms with Crippen LogP contribution in [0.5, 0.6) is 0 Å². The van der Waals surface area contributed by atoms with Gasteiger partial charge in [0.2, 0.25) is 0 Å². The number of hydrogen-bond acceptors (Lipinski definition) is 1. The molecule has 1 nitrogen and oxygen atoms in total. The molecule has 12 heavy (non-hydrogen) atoms. The zero-order chi connectivity index (χ0) is 9.40. The molecule has 66 valence electrons. The summed E-state index contributed by atoms with van der Waals surface area (Å²) >= 11 is 0. The first-order chi connectivity index (χ1) is 5.72. The van der Waals surface area contributed by atoms with E-state index in [4.69, 9.17) is 0 Å². The maximum Gasteiger partial charge on any atom is 0.0270 e. The van der Waals surface area contributed by atoms with Gasteiger partial charge in [0.15, 0.2) is 0 Å². The van der Waals surface area contributed by atoms with Crippen LogP contribution in [0.3, 0.4) is 0 Å². The largest absolute Gasteiger partial charge is 0.265 e. The Kier molecular flexibility index (Phi) is 5.98. The van der Waals surface area contributed by atoms with Crippen molar-refractivity contribution in [1.82, 2.24) is 0 Å². The summed E-state index contributed by atoms with van der Waals surface area (Å²) in [5.41, 5.74) is 1.12. The van der Waals surface area contributed by atoms with Gasteiger partial charge in [0.05, 0.1) is 0 Å². The number of hydrogen-bond donors (Lipinski definition) is 0. The summed E-state index contributed by atoms with van der Waals surface area (Å²) in [5.74, 6) is 0.542. The Bertz CT molecular complexity index is 199. The van der Waals surface area contributed by atoms with Gasteiger partial charge in [-0.1, -0.05) is 38.7 Å². The lowest BCUT2D eigenvalue weighted by Gasteiger charge is -2.06. The van der Waals surface area contributed by atoms with Crippen LogP contribution < -0.4 is 0 Å². The average Bonchev–Trinajstić information content (AvgIpc) is 2.10. The quantitative estimate of drug-likeness (QED) is 0.435. The van der Waals surface area contributed by atoms with Gasteiger partial charge >= 0.3 is 0 Å². The number of nitrogens with zero attached hydrogens (tertiary/aromatic N) is 1. The van der Waals surface area contributed by atoms with E-state index in [9.17, 15) is 0 Å². The summed E-state index contributed by atoms with van der Waals surface area (Å²) in [6.45, 7) is 11.8. The van der Waals surface area contributed by atoms with Crippen LogP contribution in [0, 0.1) is 5.92 Å². The second-order valence-electron chi connectivity index (χ2n) is 2.73. The highest BCUT2D eigenvalue weighted by Gasteiger charge is 1.98. The molecule has 0 aromatic carbocycles. The van der Waals surface area contributed by atoms with Crippen molar-refractivity contribution in [3.05, 3.63) is 37.1 Å². The van der Waals surface area contributed by atoms with Gasteiger partial charge in [0, 0.05) is 12.4 Å². The van der Waals surface area contributed by atoms with E-state index in [1.165, 1.54) is 0 Å². The highest BCUT2D eigenvalue weighted by Crippen LogP contribution is 2.12. The van der Waals surface area contributed by atoms with E-state index in [0.717, 1.165) is 12.0 Å². The standard InChI is InChI=1S/C11H17N/c1-5-8-12-9-7-11(4)10(3)6-2/h5,7-10H,1,4,6H2,2-3H3/b9-7-,12-8-. The molecule has 0 heterocycles. The van der Waals surface area contributed by atoms with E-state index < -0.39 is 0 Å². The van der Waals surface area contributed by atoms with Crippen LogP contribution in [-0.4, -0.2) is 6.21 Å². The minimum atomic E-state index is 0.542. The molecule has 0 aliphatic rings. The molecule has 0 radical (unpaired) electrons. The van der Waals surface area contributed by atoms with Crippen LogP contribution in [0.25, 0.3) is 0 Å². The van der Waals surface area contributed by atoms with Gasteiger partial charge in [-0.05, 0) is 18.4 Å². The maximum atomic E-state index is 3.96. The van der Waals surface area contributed by atoms with Crippen LogP contribution in [0.4, 0.5) is 0 Å². The minimum Gasteiger partial charge on any atom is -0.265 e. The lowest BCUT2D eigenvalue weighted by molar-refractivity contribution is 0.672. The summed E-state index contributed by atoms with van der Waals surface area (Å²) in [6, 6.07) is 0. The van der Waals surface area contributed by atoms with Gasteiger partial charge in [0.1, 0.15) is 0 Å². The Morgan fingerprint density at radius 3 is 2.75 bits per heavy atom. The molecule has 0 saturated heterocycles. The van der Waals surface area contributed by atoms with Crippen LogP contribution in [0.1, 0.15) is 20.3 Å². The zero-order valence-electron chi connectivity index (χ0n) is 7.96. The van der Waals surface area contributed by atoms with E-state index in [1.807, 2.05) is 6.08 Å². The first kappa shape index (κ1) is 10.9. The molecular weight excluding hydrogens is 146 g/mol. The number of aliphatic imine (C=N–C) groups is 1. The highest BCUT2D eigenvalue weighted by molar-refractivity contribution is 5.70. The van der Waals surface area contributed by atoms with Gasteiger partial charge in [-0.15, -0.1) is 0 Å². The second-order valence-corrected chi connectivity index (χ2v) is 2.73. The molecule has 0 rings (SSSR count). The highest BCUT2D eigenvalue weighted by atomic mass is 14.6. The minimum absolute atomic E-state index is 0.542. The molecule has 0 fully saturated rings. The lowest BCUT2D eigenvalue weighted by atomic mass is 10.0. The van der Waals surface area contributed by atoms with Crippen molar-refractivity contribution >= 4 is 6.21 Å². The molecule has 0 saturated carbocycles. The molecule has 1 unspecified atom stereocenters. The number of allylic oxidation sites excluding steroid dienone is 3. The summed E-state index contributed by atoms with van der Waals surface area (Å²) in [6.07, 6.45) is 8.11. The molecule has 1 atom stereocenters. The predicted octanol–water partition coefficient (Wildman–Crippen LogP) is 3.36. The monoisotopic (exact) mass is 163 g/mol. The summed E-state index contributed by atoms with van der Waals surface area (Å²) in [4.78, 5) is 3.96. The summed E-state index contributed by atoms with van der Waals surface area (Å²) in [7, 11) is 0. The van der Waals surface area contributed by atoms with Crippen molar-refractivity contribution in [1.29, 1.82) is 0 Å². The third-order valence-corrected chi connectivity index (χ3v) is 1.81. The Labute approximate surface area is 75.2 Å². The topological polar surface area (TPSA) is 12.4 Å². The number of rotatable bonds is 5. The third-order valence-electron chi connectivity index (χ3n) is 1.81. The molecule has 0 aromatic heterocycles. The molecule has 0 spiro atoms. The Balaban J connectivity index is 3.90. The third kappa shape index (κ3) is 4.67. The van der Waals surface area contributed by atoms with Gasteiger partial charge in [0.25, 0.3) is 0 Å². The van der Waals surface area contributed by atoms with E-state index in [1.54, 1.807) is 18.5 Å². The molecule has 1 heteroatoms. The first-order valence-electron chi connectivity index (χ1n) is 4.21. The second kappa shape index (κ2) is 6.59. The van der Waals surface area contributed by atoms with Crippen molar-refractivity contribution in [2.75, 3.05) is 0 Å². The smallest absolute Gasteiger partial charge is 0.0270 e. The van der Waals surface area contributed by atoms with Crippen molar-refractivity contribution < 1.29 is 0 Å². The van der Waals surface area contributed by atoms with Crippen molar-refractivity contribution in [3.8, 4) is 0 Å². The molecule has 0 amide bonds. The molecule has 0 N–H and O–H groups in total. The van der Waals surface area contributed by atoms with Crippen molar-refractivity contribution in [2.45, 2.75) is 20.3 Å². The van der Waals surface area contributed by atoms with Crippen LogP contribution >= 0.6 is 0 Å². The van der Waals surface area contributed by atoms with Crippen molar-refractivity contribution in [2.24, 2.45) is 10.9 Å². The fourth-order valence-electron chi connectivity index (χ4n) is 0.676. The maximum absolute atomic E-state index is 3.96. The van der Waals surface area contributed by atoms with Crippen molar-refractivity contribution in [3.63, 3.8) is 0 Å². The van der Waals surface area contributed by atoms with Gasteiger partial charge in [-0.3, -0.25) is 4.99 Å². The fraction of sp³-hybridized carbons (Fsp3) is 0.364. The Hall–Kier alpha value is -1.11. The van der Waals surface area contributed by atoms with E-state index in [0.29, 0.717) is 5.92 Å². The van der Waals surface area contributed by atoms with Crippen LogP contribution in [-0.2, 0) is 0 Å². The van der Waals surface area contributed by atoms with Gasteiger partial charge in [-0.2, -0.15) is 0 Å². The first-order valence-corrected chi connectivity index (χ1v) is 4.21. The fourth-order valence-corrected chi connectivity index (χ4v) is 0.676. The predicted molar refractivity (Wildman–Crippen MR) is 56.4 cm³/mol. The molecule has 0 aliphatic heterocycles. The van der Waals surface area contributed by atoms with Crippen LogP contribution in [0.15, 0.2) is 42.1 Å². The molecule has 0 aromatic rings. The molecule has 0 bridgehead atoms. The van der Waals surface area contributed by atoms with E-state index in [-0.39, 0.29) is 0 Å². The van der Waals surface area contributed by atoms with Crippen LogP contribution in [0.2, 0.25) is 0 Å². The Morgan fingerprint density at radius 1 is 1.58 bits per heavy atom. The van der Waals surface area contributed by atoms with Gasteiger partial charge < -0.3 is 0 Å². The van der Waals surface area contributed by atoms with Gasteiger partial charge in [-0.25, -0.2) is 0 Å². The normalized spacial score (nSPS) is 13.8. The summed E-state index contributed by atoms with van der Waals surface area (Å²) < 4.78 is 0. The Morgan fingerprint density at radius 2 is 2.25 bits per heavy atom.